The fourth-order valence-corrected chi connectivity index (χ4v) is 3.17. The van der Waals surface area contributed by atoms with Crippen LogP contribution in [0.5, 0.6) is 0 Å². The Morgan fingerprint density at radius 3 is 2.72 bits per heavy atom. The van der Waals surface area contributed by atoms with Crippen molar-refractivity contribution in [2.45, 2.75) is 6.42 Å². The molecule has 0 aliphatic heterocycles. The molecule has 0 amide bonds. The smallest absolute Gasteiger partial charge is 0.168 e. The normalized spacial score (nSPS) is 10.7. The van der Waals surface area contributed by atoms with Crippen LogP contribution in [0.4, 0.5) is 8.78 Å². The number of hydrogen-bond acceptors (Lipinski definition) is 2. The number of halogens is 4. The van der Waals surface area contributed by atoms with Crippen molar-refractivity contribution in [2.75, 3.05) is 0 Å². The summed E-state index contributed by atoms with van der Waals surface area (Å²) in [6, 6.07) is 4.14. The molecule has 0 N–H and O–H groups in total. The molecule has 0 atom stereocenters. The number of benzene rings is 1. The maximum atomic E-state index is 13.7. The zero-order valence-corrected chi connectivity index (χ0v) is 13.4. The Morgan fingerprint density at radius 1 is 1.39 bits per heavy atom. The second kappa shape index (κ2) is 5.75. The van der Waals surface area contributed by atoms with Gasteiger partial charge >= 0.3 is 0 Å². The van der Waals surface area contributed by atoms with Gasteiger partial charge in [-0.3, -0.25) is 4.79 Å². The first-order valence-corrected chi connectivity index (χ1v) is 7.64. The van der Waals surface area contributed by atoms with Crippen LogP contribution < -0.4 is 0 Å². The number of hydrogen-bond donors (Lipinski definition) is 0. The van der Waals surface area contributed by atoms with Crippen molar-refractivity contribution in [1.82, 2.24) is 0 Å². The number of rotatable bonds is 3. The molecular formula is C12H6BrF2IOS. The summed E-state index contributed by atoms with van der Waals surface area (Å²) in [6.07, 6.45) is -0.274. The van der Waals surface area contributed by atoms with Gasteiger partial charge < -0.3 is 0 Å². The lowest BCUT2D eigenvalue weighted by Gasteiger charge is -2.05. The fraction of sp³-hybridized carbons (Fsp3) is 0.0833. The van der Waals surface area contributed by atoms with Gasteiger partial charge in [0.05, 0.1) is 7.36 Å². The average Bonchev–Trinajstić information content (AvgIpc) is 2.76. The molecule has 2 rings (SSSR count). The molecule has 0 spiro atoms. The third kappa shape index (κ3) is 2.97. The molecule has 1 nitrogen and oxygen atoms in total. The maximum Gasteiger partial charge on any atom is 0.168 e. The van der Waals surface area contributed by atoms with Gasteiger partial charge in [0.1, 0.15) is 11.6 Å². The van der Waals surface area contributed by atoms with Crippen LogP contribution in [0.25, 0.3) is 0 Å². The standard InChI is InChI=1S/C12H6BrF2IOS/c13-8-1-2-9(14)7(12(8)15)4-10(17)6-3-11(16)18-5-6/h1-3,5H,4H2. The Labute approximate surface area is 128 Å². The molecule has 0 aliphatic carbocycles. The van der Waals surface area contributed by atoms with E-state index < -0.39 is 11.6 Å². The van der Waals surface area contributed by atoms with Crippen LogP contribution in [-0.2, 0) is 6.42 Å². The van der Waals surface area contributed by atoms with Crippen LogP contribution in [0.15, 0.2) is 28.1 Å². The first-order chi connectivity index (χ1) is 8.49. The topological polar surface area (TPSA) is 17.1 Å². The van der Waals surface area contributed by atoms with E-state index in [4.69, 9.17) is 0 Å². The summed E-state index contributed by atoms with van der Waals surface area (Å²) in [5, 5.41) is 1.69. The summed E-state index contributed by atoms with van der Waals surface area (Å²) >= 11 is 6.50. The van der Waals surface area contributed by atoms with Gasteiger partial charge in [-0.2, -0.15) is 0 Å². The molecule has 18 heavy (non-hydrogen) atoms. The highest BCUT2D eigenvalue weighted by Gasteiger charge is 2.17. The molecule has 1 aromatic carbocycles. The van der Waals surface area contributed by atoms with Crippen molar-refractivity contribution in [1.29, 1.82) is 0 Å². The van der Waals surface area contributed by atoms with E-state index in [-0.39, 0.29) is 22.2 Å². The van der Waals surface area contributed by atoms with Gasteiger partial charge in [-0.15, -0.1) is 11.3 Å². The van der Waals surface area contributed by atoms with E-state index in [9.17, 15) is 13.6 Å². The van der Waals surface area contributed by atoms with Gasteiger partial charge in [-0.25, -0.2) is 8.78 Å². The molecule has 1 heterocycles. The van der Waals surface area contributed by atoms with E-state index in [0.717, 1.165) is 8.95 Å². The second-order valence-electron chi connectivity index (χ2n) is 3.56. The highest BCUT2D eigenvalue weighted by Crippen LogP contribution is 2.24. The van der Waals surface area contributed by atoms with Gasteiger partial charge in [-0.1, -0.05) is 0 Å². The van der Waals surface area contributed by atoms with E-state index in [1.165, 1.54) is 17.4 Å². The Hall–Kier alpha value is -0.340. The van der Waals surface area contributed by atoms with E-state index in [1.54, 1.807) is 11.4 Å². The lowest BCUT2D eigenvalue weighted by molar-refractivity contribution is 0.0991. The minimum Gasteiger partial charge on any atom is -0.294 e. The van der Waals surface area contributed by atoms with Crippen molar-refractivity contribution in [3.63, 3.8) is 0 Å². The zero-order chi connectivity index (χ0) is 13.3. The number of carbonyl (C=O) groups is 1. The van der Waals surface area contributed by atoms with E-state index in [1.807, 2.05) is 0 Å². The lowest BCUT2D eigenvalue weighted by atomic mass is 10.0. The molecule has 0 bridgehead atoms. The average molecular weight is 443 g/mol. The van der Waals surface area contributed by atoms with Crippen molar-refractivity contribution >= 4 is 55.6 Å². The number of carbonyl (C=O) groups excluding carboxylic acids is 1. The summed E-state index contributed by atoms with van der Waals surface area (Å²) in [5.41, 5.74) is 0.291. The molecule has 94 valence electrons. The van der Waals surface area contributed by atoms with Crippen molar-refractivity contribution in [3.05, 3.63) is 53.7 Å². The van der Waals surface area contributed by atoms with Crippen molar-refractivity contribution in [3.8, 4) is 0 Å². The summed E-state index contributed by atoms with van der Waals surface area (Å²) in [5.74, 6) is -1.70. The Bertz CT molecular complexity index is 612. The Morgan fingerprint density at radius 2 is 2.11 bits per heavy atom. The number of ketones is 1. The summed E-state index contributed by atoms with van der Waals surface area (Å²) in [6.45, 7) is 0. The first kappa shape index (κ1) is 14.1. The fourth-order valence-electron chi connectivity index (χ4n) is 1.45. The van der Waals surface area contributed by atoms with Crippen molar-refractivity contribution in [2.24, 2.45) is 0 Å². The van der Waals surface area contributed by atoms with Gasteiger partial charge in [0.15, 0.2) is 5.78 Å². The molecular weight excluding hydrogens is 437 g/mol. The predicted molar refractivity (Wildman–Crippen MR) is 79.1 cm³/mol. The van der Waals surface area contributed by atoms with Gasteiger partial charge in [-0.05, 0) is 56.7 Å². The third-order valence-electron chi connectivity index (χ3n) is 2.37. The maximum absolute atomic E-state index is 13.7. The van der Waals surface area contributed by atoms with Crippen molar-refractivity contribution < 1.29 is 13.6 Å². The Kier molecular flexibility index (Phi) is 4.50. The monoisotopic (exact) mass is 442 g/mol. The number of thiophene rings is 1. The van der Waals surface area contributed by atoms with E-state index in [0.29, 0.717) is 5.56 Å². The highest BCUT2D eigenvalue weighted by atomic mass is 127. The highest BCUT2D eigenvalue weighted by molar-refractivity contribution is 14.1. The Balaban J connectivity index is 2.30. The predicted octanol–water partition coefficient (Wildman–Crippen LogP) is 4.82. The van der Waals surface area contributed by atoms with Crippen LogP contribution in [0, 0.1) is 14.5 Å². The third-order valence-corrected chi connectivity index (χ3v) is 4.77. The lowest BCUT2D eigenvalue weighted by Crippen LogP contribution is -2.07. The van der Waals surface area contributed by atoms with E-state index >= 15 is 0 Å². The molecule has 6 heteroatoms. The SMILES string of the molecule is O=C(Cc1c(F)ccc(Br)c1F)c1csc(I)c1. The minimum absolute atomic E-state index is 0.159. The summed E-state index contributed by atoms with van der Waals surface area (Å²) in [4.78, 5) is 11.9. The van der Waals surface area contributed by atoms with Crippen LogP contribution in [-0.4, -0.2) is 5.78 Å². The largest absolute Gasteiger partial charge is 0.294 e. The first-order valence-electron chi connectivity index (χ1n) is 4.88. The van der Waals surface area contributed by atoms with Gasteiger partial charge in [0, 0.05) is 22.9 Å². The van der Waals surface area contributed by atoms with Crippen LogP contribution in [0.3, 0.4) is 0 Å². The molecule has 0 unspecified atom stereocenters. The summed E-state index contributed by atoms with van der Waals surface area (Å²) in [7, 11) is 0. The van der Waals surface area contributed by atoms with Crippen LogP contribution >= 0.6 is 49.9 Å². The number of Topliss-reactive ketones (excluding diaryl/α,β-unsaturated/α-hetero) is 1. The molecule has 2 aromatic rings. The molecule has 0 radical (unpaired) electrons. The van der Waals surface area contributed by atoms with Crippen LogP contribution in [0.2, 0.25) is 0 Å². The molecule has 0 saturated carbocycles. The molecule has 0 aliphatic rings. The molecule has 0 saturated heterocycles. The molecule has 1 aromatic heterocycles. The molecule has 0 fully saturated rings. The van der Waals surface area contributed by atoms with Gasteiger partial charge in [0.2, 0.25) is 0 Å². The van der Waals surface area contributed by atoms with E-state index in [2.05, 4.69) is 38.5 Å². The summed E-state index contributed by atoms with van der Waals surface area (Å²) < 4.78 is 28.3. The zero-order valence-electron chi connectivity index (χ0n) is 8.84. The van der Waals surface area contributed by atoms with Crippen LogP contribution in [0.1, 0.15) is 15.9 Å². The second-order valence-corrected chi connectivity index (χ2v) is 7.22. The quantitative estimate of drug-likeness (QED) is 0.378. The van der Waals surface area contributed by atoms with Gasteiger partial charge in [0.25, 0.3) is 0 Å². The minimum atomic E-state index is -0.715.